The van der Waals surface area contributed by atoms with E-state index in [1.807, 2.05) is 6.07 Å². The number of nitrogens with zero attached hydrogens (tertiary/aromatic N) is 4. The molecule has 1 aromatic heterocycles. The molecule has 0 spiro atoms. The molecule has 88 valence electrons. The topological polar surface area (TPSA) is 109 Å². The summed E-state index contributed by atoms with van der Waals surface area (Å²) in [5.41, 5.74) is 6.62. The van der Waals surface area contributed by atoms with E-state index in [1.165, 1.54) is 0 Å². The maximum Gasteiger partial charge on any atom is 0.279 e. The third-order valence-electron chi connectivity index (χ3n) is 2.47. The molecule has 1 aromatic carbocycles. The first-order valence-electron chi connectivity index (χ1n) is 5.20. The fourth-order valence-corrected chi connectivity index (χ4v) is 1.60. The van der Waals surface area contributed by atoms with Crippen LogP contribution in [-0.4, -0.2) is 21.9 Å². The van der Waals surface area contributed by atoms with E-state index < -0.39 is 5.91 Å². The predicted octanol–water partition coefficient (Wildman–Crippen LogP) is 1.68. The van der Waals surface area contributed by atoms with Crippen molar-refractivity contribution in [3.05, 3.63) is 41.5 Å². The molecule has 0 radical (unpaired) electrons. The number of anilines is 1. The molecular formula is C11H8N6O. The largest absolute Gasteiger partial charge is 0.383 e. The van der Waals surface area contributed by atoms with Crippen LogP contribution in [0.2, 0.25) is 0 Å². The van der Waals surface area contributed by atoms with Crippen molar-refractivity contribution in [1.82, 2.24) is 10.2 Å². The minimum atomic E-state index is -0.391. The number of amidine groups is 1. The summed E-state index contributed by atoms with van der Waals surface area (Å²) in [6, 6.07) is 8.71. The van der Waals surface area contributed by atoms with E-state index in [-0.39, 0.29) is 5.84 Å². The van der Waals surface area contributed by atoms with Gasteiger partial charge in [-0.1, -0.05) is 18.2 Å². The molecule has 0 saturated heterocycles. The Labute approximate surface area is 101 Å². The Hall–Kier alpha value is -2.83. The average Bonchev–Trinajstić information content (AvgIpc) is 2.95. The first kappa shape index (κ1) is 10.3. The number of aromatic nitrogens is 2. The molecule has 0 saturated carbocycles. The first-order chi connectivity index (χ1) is 8.75. The van der Waals surface area contributed by atoms with Crippen molar-refractivity contribution in [3.63, 3.8) is 0 Å². The highest BCUT2D eigenvalue weighted by atomic mass is 16.1. The number of aromatic amines is 1. The fraction of sp³-hybridized carbons (Fsp3) is 0. The zero-order valence-corrected chi connectivity index (χ0v) is 9.16. The molecule has 3 N–H and O–H groups in total. The number of carbonyl (C=O) groups excluding carboxylic acids is 1. The van der Waals surface area contributed by atoms with Crippen LogP contribution in [0.15, 0.2) is 45.6 Å². The van der Waals surface area contributed by atoms with Gasteiger partial charge in [0.1, 0.15) is 11.4 Å². The lowest BCUT2D eigenvalue weighted by atomic mass is 10.2. The van der Waals surface area contributed by atoms with Crippen molar-refractivity contribution in [1.29, 1.82) is 0 Å². The molecule has 2 heterocycles. The highest BCUT2D eigenvalue weighted by Gasteiger charge is 2.23. The number of hydrogen-bond acceptors (Lipinski definition) is 4. The molecule has 0 atom stereocenters. The van der Waals surface area contributed by atoms with Crippen molar-refractivity contribution in [2.45, 2.75) is 0 Å². The maximum absolute atomic E-state index is 11.9. The summed E-state index contributed by atoms with van der Waals surface area (Å²) in [5, 5.41) is 13.9. The second-order valence-electron chi connectivity index (χ2n) is 3.64. The number of amides is 1. The lowest BCUT2D eigenvalue weighted by Gasteiger charge is -1.95. The van der Waals surface area contributed by atoms with Gasteiger partial charge < -0.3 is 5.73 Å². The quantitative estimate of drug-likeness (QED) is 0.791. The van der Waals surface area contributed by atoms with Crippen molar-refractivity contribution in [3.8, 4) is 0 Å². The van der Waals surface area contributed by atoms with Crippen LogP contribution in [0, 0.1) is 0 Å². The van der Waals surface area contributed by atoms with E-state index in [0.717, 1.165) is 0 Å². The molecule has 1 amide bonds. The van der Waals surface area contributed by atoms with E-state index in [0.29, 0.717) is 22.8 Å². The van der Waals surface area contributed by atoms with Crippen LogP contribution < -0.4 is 5.73 Å². The van der Waals surface area contributed by atoms with Crippen molar-refractivity contribution in [2.75, 3.05) is 5.73 Å². The molecule has 0 aliphatic carbocycles. The van der Waals surface area contributed by atoms with Crippen LogP contribution in [0.1, 0.15) is 15.9 Å². The highest BCUT2D eigenvalue weighted by molar-refractivity contribution is 6.14. The Balaban J connectivity index is 1.98. The summed E-state index contributed by atoms with van der Waals surface area (Å²) in [5.74, 6) is 0.449. The molecule has 0 unspecified atom stereocenters. The Morgan fingerprint density at radius 2 is 2.00 bits per heavy atom. The van der Waals surface area contributed by atoms with E-state index in [4.69, 9.17) is 5.73 Å². The number of benzene rings is 1. The van der Waals surface area contributed by atoms with Crippen molar-refractivity contribution >= 4 is 23.4 Å². The SMILES string of the molecule is Nc1[nH]nc2c1C(=NC(=O)c1ccccc1)N=N2. The van der Waals surface area contributed by atoms with Gasteiger partial charge in [0.05, 0.1) is 0 Å². The molecule has 0 fully saturated rings. The lowest BCUT2D eigenvalue weighted by Crippen LogP contribution is -2.03. The normalized spacial score (nSPS) is 15.0. The molecule has 18 heavy (non-hydrogen) atoms. The zero-order valence-electron chi connectivity index (χ0n) is 9.16. The first-order valence-corrected chi connectivity index (χ1v) is 5.20. The van der Waals surface area contributed by atoms with Gasteiger partial charge in [0, 0.05) is 5.56 Å². The third kappa shape index (κ3) is 1.58. The maximum atomic E-state index is 11.9. The Morgan fingerprint density at radius 3 is 2.78 bits per heavy atom. The van der Waals surface area contributed by atoms with Gasteiger partial charge in [-0.3, -0.25) is 9.89 Å². The number of hydrogen-bond donors (Lipinski definition) is 2. The second kappa shape index (κ2) is 3.88. The number of nitrogen functional groups attached to an aromatic ring is 1. The molecule has 3 rings (SSSR count). The monoisotopic (exact) mass is 240 g/mol. The zero-order chi connectivity index (χ0) is 12.5. The summed E-state index contributed by atoms with van der Waals surface area (Å²) in [7, 11) is 0. The number of rotatable bonds is 1. The van der Waals surface area contributed by atoms with Crippen LogP contribution in [0.25, 0.3) is 0 Å². The van der Waals surface area contributed by atoms with Crippen molar-refractivity contribution in [2.24, 2.45) is 15.2 Å². The van der Waals surface area contributed by atoms with Crippen LogP contribution in [0.3, 0.4) is 0 Å². The molecular weight excluding hydrogens is 232 g/mol. The number of fused-ring (bicyclic) bond motifs is 1. The summed E-state index contributed by atoms with van der Waals surface area (Å²) >= 11 is 0. The van der Waals surface area contributed by atoms with Crippen LogP contribution in [0.4, 0.5) is 11.6 Å². The van der Waals surface area contributed by atoms with Gasteiger partial charge in [0.2, 0.25) is 5.82 Å². The average molecular weight is 240 g/mol. The standard InChI is InChI=1S/C11H8N6O/c12-8-7-9(15-17-10(7)16-14-8)13-11(18)6-4-2-1-3-5-6/h1-5H,(H3,12,14,16). The number of H-pyrrole nitrogens is 1. The fourth-order valence-electron chi connectivity index (χ4n) is 1.60. The van der Waals surface area contributed by atoms with E-state index in [9.17, 15) is 4.79 Å². The summed E-state index contributed by atoms with van der Waals surface area (Å²) in [6.07, 6.45) is 0. The molecule has 2 aromatic rings. The van der Waals surface area contributed by atoms with Crippen LogP contribution >= 0.6 is 0 Å². The minimum Gasteiger partial charge on any atom is -0.383 e. The van der Waals surface area contributed by atoms with Gasteiger partial charge in [-0.25, -0.2) is 0 Å². The smallest absolute Gasteiger partial charge is 0.279 e. The van der Waals surface area contributed by atoms with E-state index >= 15 is 0 Å². The molecule has 7 heteroatoms. The number of nitrogens with two attached hydrogens (primary N) is 1. The Morgan fingerprint density at radius 1 is 1.22 bits per heavy atom. The summed E-state index contributed by atoms with van der Waals surface area (Å²) in [6.45, 7) is 0. The molecule has 7 nitrogen and oxygen atoms in total. The highest BCUT2D eigenvalue weighted by Crippen LogP contribution is 2.29. The van der Waals surface area contributed by atoms with E-state index in [2.05, 4.69) is 25.4 Å². The number of carbonyl (C=O) groups is 1. The van der Waals surface area contributed by atoms with Gasteiger partial charge in [-0.05, 0) is 12.1 Å². The number of nitrogens with one attached hydrogen (secondary N) is 1. The van der Waals surface area contributed by atoms with Gasteiger partial charge in [0.15, 0.2) is 5.84 Å². The molecule has 1 aliphatic heterocycles. The van der Waals surface area contributed by atoms with Crippen molar-refractivity contribution < 1.29 is 4.79 Å². The summed E-state index contributed by atoms with van der Waals surface area (Å²) in [4.78, 5) is 15.8. The third-order valence-corrected chi connectivity index (χ3v) is 2.47. The minimum absolute atomic E-state index is 0.185. The van der Waals surface area contributed by atoms with Crippen LogP contribution in [-0.2, 0) is 0 Å². The summed E-state index contributed by atoms with van der Waals surface area (Å²) < 4.78 is 0. The predicted molar refractivity (Wildman–Crippen MR) is 64.8 cm³/mol. The van der Waals surface area contributed by atoms with Gasteiger partial charge in [0.25, 0.3) is 5.91 Å². The number of aliphatic imine (C=N–C) groups is 1. The van der Waals surface area contributed by atoms with Gasteiger partial charge in [-0.2, -0.15) is 10.1 Å². The van der Waals surface area contributed by atoms with Crippen LogP contribution in [0.5, 0.6) is 0 Å². The molecule has 0 bridgehead atoms. The molecule has 1 aliphatic rings. The van der Waals surface area contributed by atoms with E-state index in [1.54, 1.807) is 24.3 Å². The van der Waals surface area contributed by atoms with Gasteiger partial charge in [-0.15, -0.1) is 10.2 Å². The van der Waals surface area contributed by atoms with Gasteiger partial charge >= 0.3 is 0 Å². The Kier molecular flexibility index (Phi) is 2.23. The Bertz CT molecular complexity index is 670. The number of azo groups is 1. The second-order valence-corrected chi connectivity index (χ2v) is 3.64. The lowest BCUT2D eigenvalue weighted by molar-refractivity contribution is 0.100.